The Balaban J connectivity index is 0. The highest BCUT2D eigenvalue weighted by Gasteiger charge is 2.22. The lowest BCUT2D eigenvalue weighted by Gasteiger charge is -2.22. The van der Waals surface area contributed by atoms with Crippen LogP contribution in [0.15, 0.2) is 5.16 Å². The van der Waals surface area contributed by atoms with Crippen LogP contribution in [0, 0.1) is 0 Å². The predicted octanol–water partition coefficient (Wildman–Crippen LogP) is 1.07. The number of carboxylic acids is 1. The summed E-state index contributed by atoms with van der Waals surface area (Å²) in [5.74, 6) is -0.833. The highest BCUT2D eigenvalue weighted by molar-refractivity contribution is 5.91. The lowest BCUT2D eigenvalue weighted by molar-refractivity contribution is -0.134. The molecule has 0 amide bonds. The minimum Gasteiger partial charge on any atom is -0.481 e. The van der Waals surface area contributed by atoms with Gasteiger partial charge in [-0.3, -0.25) is 4.79 Å². The fourth-order valence-electron chi connectivity index (χ4n) is 0.702. The average Bonchev–Trinajstić information content (AvgIpc) is 2.05. The molecule has 0 aliphatic rings. The molecule has 14 heavy (non-hydrogen) atoms. The first-order chi connectivity index (χ1) is 6.31. The van der Waals surface area contributed by atoms with Crippen molar-refractivity contribution in [3.8, 4) is 0 Å². The topological polar surface area (TPSA) is 102 Å². The molecule has 0 radical (unpaired) electrons. The molecule has 0 saturated carbocycles. The molecule has 0 spiro atoms. The van der Waals surface area contributed by atoms with Gasteiger partial charge >= 0.3 is 0 Å². The SMILES string of the molecule is CC(=O)O.CCC(=NO)C(C)(C)NO. The van der Waals surface area contributed by atoms with E-state index in [1.807, 2.05) is 6.92 Å². The van der Waals surface area contributed by atoms with Crippen molar-refractivity contribution in [2.24, 2.45) is 5.16 Å². The molecule has 4 N–H and O–H groups in total. The monoisotopic (exact) mass is 206 g/mol. The number of rotatable bonds is 3. The van der Waals surface area contributed by atoms with Gasteiger partial charge in [0.05, 0.1) is 11.3 Å². The Hall–Kier alpha value is -1.14. The van der Waals surface area contributed by atoms with Gasteiger partial charge in [-0.05, 0) is 20.3 Å². The largest absolute Gasteiger partial charge is 0.481 e. The number of carboxylic acid groups (broad SMARTS) is 1. The van der Waals surface area contributed by atoms with Crippen LogP contribution in [0.3, 0.4) is 0 Å². The van der Waals surface area contributed by atoms with Gasteiger partial charge in [0, 0.05) is 6.92 Å². The molecule has 6 heteroatoms. The summed E-state index contributed by atoms with van der Waals surface area (Å²) in [4.78, 5) is 9.00. The van der Waals surface area contributed by atoms with Crippen molar-refractivity contribution in [1.29, 1.82) is 0 Å². The van der Waals surface area contributed by atoms with E-state index in [0.717, 1.165) is 6.92 Å². The van der Waals surface area contributed by atoms with Crippen molar-refractivity contribution in [2.45, 2.75) is 39.7 Å². The summed E-state index contributed by atoms with van der Waals surface area (Å²) in [7, 11) is 0. The molecule has 0 bridgehead atoms. The number of nitrogens with one attached hydrogen (secondary N) is 1. The van der Waals surface area contributed by atoms with Crippen molar-refractivity contribution in [1.82, 2.24) is 5.48 Å². The maximum Gasteiger partial charge on any atom is 0.300 e. The summed E-state index contributed by atoms with van der Waals surface area (Å²) in [6, 6.07) is 0. The molecule has 0 heterocycles. The lowest BCUT2D eigenvalue weighted by atomic mass is 9.98. The van der Waals surface area contributed by atoms with Crippen LogP contribution >= 0.6 is 0 Å². The zero-order valence-corrected chi connectivity index (χ0v) is 8.90. The van der Waals surface area contributed by atoms with E-state index in [4.69, 9.17) is 20.3 Å². The standard InChI is InChI=1S/C6H14N2O2.C2H4O2/c1-4-5(7-9)6(2,3)8-10;1-2(3)4/h8-10H,4H2,1-3H3;1H3,(H,3,4). The first-order valence-electron chi connectivity index (χ1n) is 4.14. The molecule has 0 aliphatic heterocycles. The molecule has 0 atom stereocenters. The van der Waals surface area contributed by atoms with E-state index in [-0.39, 0.29) is 0 Å². The molecule has 0 aliphatic carbocycles. The van der Waals surface area contributed by atoms with Crippen LogP contribution in [0.1, 0.15) is 34.1 Å². The van der Waals surface area contributed by atoms with E-state index in [1.165, 1.54) is 0 Å². The smallest absolute Gasteiger partial charge is 0.300 e. The van der Waals surface area contributed by atoms with E-state index < -0.39 is 11.5 Å². The Morgan fingerprint density at radius 2 is 1.86 bits per heavy atom. The van der Waals surface area contributed by atoms with Crippen LogP contribution in [0.2, 0.25) is 0 Å². The average molecular weight is 206 g/mol. The minimum absolute atomic E-state index is 0.523. The van der Waals surface area contributed by atoms with Crippen molar-refractivity contribution < 1.29 is 20.3 Å². The zero-order chi connectivity index (χ0) is 11.8. The number of hydrogen-bond donors (Lipinski definition) is 4. The maximum atomic E-state index is 9.00. The third-order valence-electron chi connectivity index (χ3n) is 1.46. The van der Waals surface area contributed by atoms with Crippen molar-refractivity contribution in [3.05, 3.63) is 0 Å². The van der Waals surface area contributed by atoms with Crippen LogP contribution in [-0.2, 0) is 4.79 Å². The Kier molecular flexibility index (Phi) is 7.98. The van der Waals surface area contributed by atoms with E-state index in [0.29, 0.717) is 12.1 Å². The maximum absolute atomic E-state index is 9.00. The number of hydrogen-bond acceptors (Lipinski definition) is 5. The second-order valence-electron chi connectivity index (χ2n) is 3.16. The van der Waals surface area contributed by atoms with E-state index >= 15 is 0 Å². The van der Waals surface area contributed by atoms with Crippen LogP contribution < -0.4 is 5.48 Å². The first-order valence-corrected chi connectivity index (χ1v) is 4.14. The van der Waals surface area contributed by atoms with Gasteiger partial charge in [0.15, 0.2) is 0 Å². The molecule has 84 valence electrons. The number of nitrogens with zero attached hydrogens (tertiary/aromatic N) is 1. The fraction of sp³-hybridized carbons (Fsp3) is 0.750. The van der Waals surface area contributed by atoms with Crippen molar-refractivity contribution >= 4 is 11.7 Å². The van der Waals surface area contributed by atoms with Crippen molar-refractivity contribution in [2.75, 3.05) is 0 Å². The highest BCUT2D eigenvalue weighted by atomic mass is 16.5. The van der Waals surface area contributed by atoms with Gasteiger partial charge in [0.25, 0.3) is 5.97 Å². The fourth-order valence-corrected chi connectivity index (χ4v) is 0.702. The summed E-state index contributed by atoms with van der Waals surface area (Å²) in [5, 5.41) is 27.5. The summed E-state index contributed by atoms with van der Waals surface area (Å²) in [6.07, 6.45) is 0.608. The Bertz CT molecular complexity index is 198. The lowest BCUT2D eigenvalue weighted by Crippen LogP contribution is -2.44. The summed E-state index contributed by atoms with van der Waals surface area (Å²) >= 11 is 0. The normalized spacial score (nSPS) is 11.6. The van der Waals surface area contributed by atoms with Gasteiger partial charge in [-0.25, -0.2) is 0 Å². The first kappa shape index (κ1) is 15.3. The van der Waals surface area contributed by atoms with Gasteiger partial charge in [0.2, 0.25) is 0 Å². The summed E-state index contributed by atoms with van der Waals surface area (Å²) in [5.41, 5.74) is 1.94. The number of oxime groups is 1. The predicted molar refractivity (Wildman–Crippen MR) is 51.8 cm³/mol. The van der Waals surface area contributed by atoms with E-state index in [1.54, 1.807) is 13.8 Å². The minimum atomic E-state index is -0.833. The molecular formula is C8H18N2O4. The van der Waals surface area contributed by atoms with Crippen LogP contribution in [0.4, 0.5) is 0 Å². The molecule has 0 aromatic heterocycles. The van der Waals surface area contributed by atoms with Crippen LogP contribution in [0.25, 0.3) is 0 Å². The van der Waals surface area contributed by atoms with Gasteiger partial charge in [-0.1, -0.05) is 12.1 Å². The van der Waals surface area contributed by atoms with Gasteiger partial charge in [-0.2, -0.15) is 5.48 Å². The highest BCUT2D eigenvalue weighted by Crippen LogP contribution is 2.06. The number of aliphatic carboxylic acids is 1. The van der Waals surface area contributed by atoms with E-state index in [9.17, 15) is 0 Å². The number of hydroxylamine groups is 1. The third kappa shape index (κ3) is 7.51. The second kappa shape index (κ2) is 7.28. The molecular weight excluding hydrogens is 188 g/mol. The van der Waals surface area contributed by atoms with Crippen LogP contribution in [0.5, 0.6) is 0 Å². The summed E-state index contributed by atoms with van der Waals surface area (Å²) < 4.78 is 0. The third-order valence-corrected chi connectivity index (χ3v) is 1.46. The van der Waals surface area contributed by atoms with E-state index in [2.05, 4.69) is 10.6 Å². The second-order valence-corrected chi connectivity index (χ2v) is 3.16. The van der Waals surface area contributed by atoms with Gasteiger partial charge in [-0.15, -0.1) is 0 Å². The Morgan fingerprint density at radius 1 is 1.50 bits per heavy atom. The molecule has 6 nitrogen and oxygen atoms in total. The number of carbonyl (C=O) groups is 1. The molecule has 0 aromatic rings. The molecule has 0 rings (SSSR count). The molecule has 0 unspecified atom stereocenters. The Morgan fingerprint density at radius 3 is 1.93 bits per heavy atom. The quantitative estimate of drug-likeness (QED) is 0.314. The zero-order valence-electron chi connectivity index (χ0n) is 8.90. The van der Waals surface area contributed by atoms with Crippen LogP contribution in [-0.4, -0.2) is 32.7 Å². The molecule has 0 saturated heterocycles. The Labute approximate surface area is 83.2 Å². The van der Waals surface area contributed by atoms with Gasteiger partial charge < -0.3 is 15.5 Å². The van der Waals surface area contributed by atoms with Crippen molar-refractivity contribution in [3.63, 3.8) is 0 Å². The summed E-state index contributed by atoms with van der Waals surface area (Å²) in [6.45, 7) is 6.39. The van der Waals surface area contributed by atoms with Gasteiger partial charge in [0.1, 0.15) is 0 Å². The molecule has 0 fully saturated rings. The molecule has 0 aromatic carbocycles.